The van der Waals surface area contributed by atoms with Gasteiger partial charge in [-0.15, -0.1) is 0 Å². The first-order valence-corrected chi connectivity index (χ1v) is 5.49. The molecule has 1 aliphatic heterocycles. The third-order valence-electron chi connectivity index (χ3n) is 2.50. The highest BCUT2D eigenvalue weighted by molar-refractivity contribution is 6.04. The maximum absolute atomic E-state index is 13.4. The van der Waals surface area contributed by atoms with Crippen molar-refractivity contribution in [2.24, 2.45) is 5.10 Å². The fraction of sp³-hybridized carbons (Fsp3) is 0.333. The number of hydrogen-bond donors (Lipinski definition) is 1. The maximum atomic E-state index is 13.4. The van der Waals surface area contributed by atoms with Gasteiger partial charge in [0.05, 0.1) is 12.3 Å². The fourth-order valence-corrected chi connectivity index (χ4v) is 1.59. The second-order valence-electron chi connectivity index (χ2n) is 3.66. The minimum Gasteiger partial charge on any atom is -0.489 e. The number of benzene rings is 1. The summed E-state index contributed by atoms with van der Waals surface area (Å²) in [6.45, 7) is 2.11. The third kappa shape index (κ3) is 2.43. The molecule has 0 aromatic heterocycles. The molecule has 1 aliphatic rings. The van der Waals surface area contributed by atoms with Crippen LogP contribution >= 0.6 is 0 Å². The number of ether oxygens (including phenoxy) is 1. The van der Waals surface area contributed by atoms with Gasteiger partial charge in [0, 0.05) is 18.4 Å². The van der Waals surface area contributed by atoms with Gasteiger partial charge in [-0.2, -0.15) is 5.10 Å². The molecule has 0 unspecified atom stereocenters. The van der Waals surface area contributed by atoms with Crippen molar-refractivity contribution < 1.29 is 13.9 Å². The molecular formula is C12H13FN2O2. The molecule has 1 amide bonds. The van der Waals surface area contributed by atoms with Crippen LogP contribution in [-0.2, 0) is 4.79 Å². The number of carbonyl (C=O) groups is 1. The number of nitrogens with zero attached hydrogens (tertiary/aromatic N) is 1. The van der Waals surface area contributed by atoms with Crippen molar-refractivity contribution >= 4 is 11.6 Å². The number of amides is 1. The number of rotatable bonds is 2. The fourth-order valence-electron chi connectivity index (χ4n) is 1.59. The summed E-state index contributed by atoms with van der Waals surface area (Å²) < 4.78 is 18.7. The van der Waals surface area contributed by atoms with Gasteiger partial charge in [0.2, 0.25) is 5.91 Å². The molecule has 0 radical (unpaired) electrons. The van der Waals surface area contributed by atoms with Crippen LogP contribution in [0.25, 0.3) is 0 Å². The number of nitrogens with one attached hydrogen (secondary N) is 1. The zero-order chi connectivity index (χ0) is 12.3. The Kier molecular flexibility index (Phi) is 3.37. The summed E-state index contributed by atoms with van der Waals surface area (Å²) in [5.41, 5.74) is 3.68. The number of halogens is 1. The molecule has 0 fully saturated rings. The summed E-state index contributed by atoms with van der Waals surface area (Å²) in [4.78, 5) is 11.1. The predicted molar refractivity (Wildman–Crippen MR) is 61.5 cm³/mol. The smallest absolute Gasteiger partial charge is 0.239 e. The first-order valence-electron chi connectivity index (χ1n) is 5.49. The first kappa shape index (κ1) is 11.6. The first-order chi connectivity index (χ1) is 8.22. The van der Waals surface area contributed by atoms with Gasteiger partial charge in [0.25, 0.3) is 0 Å². The summed E-state index contributed by atoms with van der Waals surface area (Å²) >= 11 is 0. The van der Waals surface area contributed by atoms with Crippen LogP contribution in [0.5, 0.6) is 5.75 Å². The topological polar surface area (TPSA) is 50.7 Å². The van der Waals surface area contributed by atoms with Gasteiger partial charge in [-0.1, -0.05) is 13.0 Å². The monoisotopic (exact) mass is 236 g/mol. The lowest BCUT2D eigenvalue weighted by molar-refractivity contribution is -0.120. The van der Waals surface area contributed by atoms with E-state index in [0.717, 1.165) is 0 Å². The van der Waals surface area contributed by atoms with Crippen LogP contribution in [-0.4, -0.2) is 18.2 Å². The Hall–Kier alpha value is -1.91. The van der Waals surface area contributed by atoms with E-state index in [1.54, 1.807) is 19.1 Å². The molecule has 1 N–H and O–H groups in total. The van der Waals surface area contributed by atoms with Gasteiger partial charge in [-0.25, -0.2) is 9.82 Å². The van der Waals surface area contributed by atoms with E-state index in [-0.39, 0.29) is 11.7 Å². The average Bonchev–Trinajstić information content (AvgIpc) is 2.36. The Morgan fingerprint density at radius 2 is 2.41 bits per heavy atom. The van der Waals surface area contributed by atoms with Gasteiger partial charge in [0.1, 0.15) is 0 Å². The summed E-state index contributed by atoms with van der Waals surface area (Å²) in [5, 5.41) is 4.01. The molecule has 90 valence electrons. The molecule has 0 saturated carbocycles. The van der Waals surface area contributed by atoms with Crippen LogP contribution in [0.15, 0.2) is 23.3 Å². The summed E-state index contributed by atoms with van der Waals surface area (Å²) in [5.74, 6) is -0.359. The number of fused-ring (bicyclic) bond motifs is 1. The van der Waals surface area contributed by atoms with Crippen molar-refractivity contribution in [3.63, 3.8) is 0 Å². The van der Waals surface area contributed by atoms with E-state index in [0.29, 0.717) is 30.7 Å². The SMILES string of the molecule is CCC(=O)N/N=C1/CCOc2c(F)cccc21. The lowest BCUT2D eigenvalue weighted by atomic mass is 10.0. The van der Waals surface area contributed by atoms with E-state index >= 15 is 0 Å². The zero-order valence-electron chi connectivity index (χ0n) is 9.50. The molecule has 0 aliphatic carbocycles. The van der Waals surface area contributed by atoms with Gasteiger partial charge in [-0.3, -0.25) is 4.79 Å². The Labute approximate surface area is 98.5 Å². The average molecular weight is 236 g/mol. The highest BCUT2D eigenvalue weighted by Crippen LogP contribution is 2.27. The van der Waals surface area contributed by atoms with Crippen molar-refractivity contribution in [1.29, 1.82) is 0 Å². The molecule has 1 heterocycles. The quantitative estimate of drug-likeness (QED) is 0.796. The second-order valence-corrected chi connectivity index (χ2v) is 3.66. The molecule has 0 spiro atoms. The predicted octanol–water partition coefficient (Wildman–Crippen LogP) is 1.84. The lowest BCUT2D eigenvalue weighted by Gasteiger charge is -2.19. The van der Waals surface area contributed by atoms with E-state index in [2.05, 4.69) is 10.5 Å². The van der Waals surface area contributed by atoms with Crippen molar-refractivity contribution in [1.82, 2.24) is 5.43 Å². The largest absolute Gasteiger partial charge is 0.489 e. The molecular weight excluding hydrogens is 223 g/mol. The van der Waals surface area contributed by atoms with Gasteiger partial charge in [-0.05, 0) is 12.1 Å². The molecule has 17 heavy (non-hydrogen) atoms. The minimum atomic E-state index is -0.406. The molecule has 1 aromatic carbocycles. The molecule has 1 aromatic rings. The number of hydrogen-bond acceptors (Lipinski definition) is 3. The maximum Gasteiger partial charge on any atom is 0.239 e. The molecule has 0 saturated heterocycles. The van der Waals surface area contributed by atoms with Crippen LogP contribution in [0, 0.1) is 5.82 Å². The van der Waals surface area contributed by atoms with Crippen molar-refractivity contribution in [3.05, 3.63) is 29.6 Å². The van der Waals surface area contributed by atoms with E-state index < -0.39 is 5.82 Å². The molecule has 0 bridgehead atoms. The molecule has 5 heteroatoms. The van der Waals surface area contributed by atoms with Gasteiger partial charge < -0.3 is 4.74 Å². The van der Waals surface area contributed by atoms with Crippen LogP contribution in [0.3, 0.4) is 0 Å². The Bertz CT molecular complexity index is 472. The normalized spacial score (nSPS) is 16.2. The molecule has 4 nitrogen and oxygen atoms in total. The Morgan fingerprint density at radius 1 is 1.59 bits per heavy atom. The molecule has 0 atom stereocenters. The summed E-state index contributed by atoms with van der Waals surface area (Å²) in [7, 11) is 0. The summed E-state index contributed by atoms with van der Waals surface area (Å²) in [6.07, 6.45) is 0.920. The van der Waals surface area contributed by atoms with Crippen molar-refractivity contribution in [3.8, 4) is 5.75 Å². The van der Waals surface area contributed by atoms with Crippen LogP contribution in [0.4, 0.5) is 4.39 Å². The van der Waals surface area contributed by atoms with E-state index in [1.165, 1.54) is 6.07 Å². The van der Waals surface area contributed by atoms with Crippen LogP contribution in [0.1, 0.15) is 25.3 Å². The van der Waals surface area contributed by atoms with Crippen molar-refractivity contribution in [2.75, 3.05) is 6.61 Å². The van der Waals surface area contributed by atoms with Gasteiger partial charge >= 0.3 is 0 Å². The number of para-hydroxylation sites is 1. The summed E-state index contributed by atoms with van der Waals surface area (Å²) in [6, 6.07) is 4.67. The highest BCUT2D eigenvalue weighted by Gasteiger charge is 2.20. The highest BCUT2D eigenvalue weighted by atomic mass is 19.1. The van der Waals surface area contributed by atoms with E-state index in [9.17, 15) is 9.18 Å². The second kappa shape index (κ2) is 4.95. The molecule has 2 rings (SSSR count). The van der Waals surface area contributed by atoms with E-state index in [1.807, 2.05) is 0 Å². The van der Waals surface area contributed by atoms with Gasteiger partial charge in [0.15, 0.2) is 11.6 Å². The number of carbonyl (C=O) groups excluding carboxylic acids is 1. The third-order valence-corrected chi connectivity index (χ3v) is 2.50. The standard InChI is InChI=1S/C12H13FN2O2/c1-2-11(16)15-14-10-6-7-17-12-8(10)4-3-5-9(12)13/h3-5H,2,6-7H2,1H3,(H,15,16)/b14-10-. The van der Waals surface area contributed by atoms with Crippen LogP contribution < -0.4 is 10.2 Å². The lowest BCUT2D eigenvalue weighted by Crippen LogP contribution is -2.23. The zero-order valence-corrected chi connectivity index (χ0v) is 9.50. The van der Waals surface area contributed by atoms with Crippen molar-refractivity contribution in [2.45, 2.75) is 19.8 Å². The number of hydrazone groups is 1. The van der Waals surface area contributed by atoms with E-state index in [4.69, 9.17) is 4.74 Å². The minimum absolute atomic E-state index is 0.165. The Balaban J connectivity index is 2.29. The Morgan fingerprint density at radius 3 is 3.18 bits per heavy atom. The van der Waals surface area contributed by atoms with Crippen LogP contribution in [0.2, 0.25) is 0 Å².